The number of ether oxygens (including phenoxy) is 1. The first kappa shape index (κ1) is 18.8. The minimum absolute atomic E-state index is 0. The van der Waals surface area contributed by atoms with Gasteiger partial charge in [-0.15, -0.1) is 6.58 Å². The number of phenolic OH excluding ortho intramolecular Hbond substituents is 1. The van der Waals surface area contributed by atoms with Crippen molar-refractivity contribution in [2.24, 2.45) is 0 Å². The number of ketones is 1. The Hall–Kier alpha value is -1.93. The predicted octanol–water partition coefficient (Wildman–Crippen LogP) is -0.348. The van der Waals surface area contributed by atoms with Crippen LogP contribution in [0.1, 0.15) is 30.4 Å². The highest BCUT2D eigenvalue weighted by Crippen LogP contribution is 2.64. The number of benzene rings is 1. The second-order valence-electron chi connectivity index (χ2n) is 7.56. The van der Waals surface area contributed by atoms with Crippen LogP contribution in [0.5, 0.6) is 11.5 Å². The van der Waals surface area contributed by atoms with Gasteiger partial charge in [0.15, 0.2) is 23.4 Å². The number of Topliss-reactive ketones (excluding diaryl/α,β-unsaturated/α-hetero) is 1. The van der Waals surface area contributed by atoms with Crippen LogP contribution in [0.25, 0.3) is 0 Å². The van der Waals surface area contributed by atoms with E-state index in [4.69, 9.17) is 4.74 Å². The Kier molecular flexibility index (Phi) is 4.19. The molecule has 2 bridgehead atoms. The molecule has 2 aliphatic heterocycles. The van der Waals surface area contributed by atoms with Gasteiger partial charge in [-0.2, -0.15) is 0 Å². The van der Waals surface area contributed by atoms with E-state index < -0.39 is 17.1 Å². The van der Waals surface area contributed by atoms with Gasteiger partial charge < -0.3 is 25.9 Å². The topological polar surface area (TPSA) is 133 Å². The number of aliphatic hydroxyl groups is 1. The SMILES string of the molecule is C=CCN1CC[C@]23c4c5ccc(O)c4O[C@H]2C(=O)CC[C@@]3(O)[C@H]1C5.O.O. The van der Waals surface area contributed by atoms with Crippen LogP contribution in [-0.2, 0) is 16.6 Å². The summed E-state index contributed by atoms with van der Waals surface area (Å²) in [6.07, 6.45) is 3.35. The second kappa shape index (κ2) is 5.79. The molecule has 2 fully saturated rings. The van der Waals surface area contributed by atoms with Crippen molar-refractivity contribution in [3.63, 3.8) is 0 Å². The lowest BCUT2D eigenvalue weighted by molar-refractivity contribution is -0.187. The number of hydrogen-bond donors (Lipinski definition) is 2. The normalized spacial score (nSPS) is 36.3. The maximum absolute atomic E-state index is 12.6. The van der Waals surface area contributed by atoms with Crippen LogP contribution < -0.4 is 4.74 Å². The van der Waals surface area contributed by atoms with Crippen LogP contribution in [0.3, 0.4) is 0 Å². The van der Waals surface area contributed by atoms with Crippen LogP contribution in [0.4, 0.5) is 0 Å². The van der Waals surface area contributed by atoms with E-state index in [2.05, 4.69) is 11.5 Å². The Morgan fingerprint density at radius 2 is 2.12 bits per heavy atom. The Morgan fingerprint density at radius 1 is 1.35 bits per heavy atom. The van der Waals surface area contributed by atoms with E-state index in [1.165, 1.54) is 0 Å². The highest BCUT2D eigenvalue weighted by Gasteiger charge is 2.72. The first-order valence-corrected chi connectivity index (χ1v) is 8.65. The fourth-order valence-corrected chi connectivity index (χ4v) is 5.80. The molecule has 5 rings (SSSR count). The van der Waals surface area contributed by atoms with E-state index in [9.17, 15) is 15.0 Å². The van der Waals surface area contributed by atoms with Crippen LogP contribution in [0.15, 0.2) is 24.8 Å². The summed E-state index contributed by atoms with van der Waals surface area (Å²) in [5, 5.41) is 22.1. The molecular weight excluding hydrogens is 338 g/mol. The summed E-state index contributed by atoms with van der Waals surface area (Å²) in [6, 6.07) is 3.52. The molecule has 1 aromatic rings. The number of carbonyl (C=O) groups excluding carboxylic acids is 1. The molecule has 2 heterocycles. The van der Waals surface area contributed by atoms with Gasteiger partial charge in [-0.3, -0.25) is 9.69 Å². The molecule has 4 atom stereocenters. The second-order valence-corrected chi connectivity index (χ2v) is 7.56. The van der Waals surface area contributed by atoms with Gasteiger partial charge in [-0.25, -0.2) is 0 Å². The van der Waals surface area contributed by atoms with Gasteiger partial charge in [-0.1, -0.05) is 12.1 Å². The van der Waals surface area contributed by atoms with Gasteiger partial charge in [0.25, 0.3) is 0 Å². The number of nitrogens with zero attached hydrogens (tertiary/aromatic N) is 1. The lowest BCUT2D eigenvalue weighted by atomic mass is 9.49. The van der Waals surface area contributed by atoms with Crippen molar-refractivity contribution in [3.05, 3.63) is 35.9 Å². The summed E-state index contributed by atoms with van der Waals surface area (Å²) in [7, 11) is 0. The van der Waals surface area contributed by atoms with Crippen molar-refractivity contribution >= 4 is 5.78 Å². The number of piperidine rings is 1. The molecule has 7 nitrogen and oxygen atoms in total. The van der Waals surface area contributed by atoms with Gasteiger partial charge in [-0.05, 0) is 30.9 Å². The average molecular weight is 363 g/mol. The number of hydrogen-bond acceptors (Lipinski definition) is 5. The number of aromatic hydroxyl groups is 1. The summed E-state index contributed by atoms with van der Waals surface area (Å²) in [5.41, 5.74) is 0.256. The third-order valence-corrected chi connectivity index (χ3v) is 6.73. The van der Waals surface area contributed by atoms with Crippen LogP contribution in [-0.4, -0.2) is 62.7 Å². The Bertz CT molecular complexity index is 780. The summed E-state index contributed by atoms with van der Waals surface area (Å²) in [4.78, 5) is 14.9. The molecule has 4 aliphatic rings. The average Bonchev–Trinajstić information content (AvgIpc) is 2.91. The van der Waals surface area contributed by atoms with Gasteiger partial charge in [0.2, 0.25) is 0 Å². The Labute approximate surface area is 151 Å². The molecule has 0 radical (unpaired) electrons. The van der Waals surface area contributed by atoms with E-state index in [1.54, 1.807) is 6.07 Å². The Morgan fingerprint density at radius 3 is 2.85 bits per heavy atom. The smallest absolute Gasteiger partial charge is 0.174 e. The zero-order chi connectivity index (χ0) is 16.7. The van der Waals surface area contributed by atoms with Crippen molar-refractivity contribution in [2.75, 3.05) is 13.1 Å². The molecule has 1 saturated carbocycles. The van der Waals surface area contributed by atoms with Crippen molar-refractivity contribution in [1.82, 2.24) is 4.90 Å². The number of rotatable bonds is 2. The highest BCUT2D eigenvalue weighted by atomic mass is 16.5. The zero-order valence-corrected chi connectivity index (χ0v) is 14.5. The highest BCUT2D eigenvalue weighted by molar-refractivity contribution is 5.90. The largest absolute Gasteiger partial charge is 0.504 e. The third-order valence-electron chi connectivity index (χ3n) is 6.73. The van der Waals surface area contributed by atoms with Crippen LogP contribution in [0, 0.1) is 0 Å². The minimum Gasteiger partial charge on any atom is -0.504 e. The maximum atomic E-state index is 12.6. The van der Waals surface area contributed by atoms with Crippen molar-refractivity contribution in [1.29, 1.82) is 0 Å². The predicted molar refractivity (Wildman–Crippen MR) is 94.5 cm³/mol. The van der Waals surface area contributed by atoms with Crippen molar-refractivity contribution < 1.29 is 30.7 Å². The monoisotopic (exact) mass is 363 g/mol. The summed E-state index contributed by atoms with van der Waals surface area (Å²) < 4.78 is 5.98. The van der Waals surface area contributed by atoms with E-state index in [-0.39, 0.29) is 28.5 Å². The molecular formula is C19H25NO6. The lowest BCUT2D eigenvalue weighted by Gasteiger charge is -2.62. The molecule has 0 aromatic heterocycles. The van der Waals surface area contributed by atoms with E-state index in [1.807, 2.05) is 12.1 Å². The van der Waals surface area contributed by atoms with E-state index in [0.29, 0.717) is 31.4 Å². The first-order chi connectivity index (χ1) is 11.5. The van der Waals surface area contributed by atoms with Crippen LogP contribution in [0.2, 0.25) is 0 Å². The molecule has 0 amide bonds. The number of phenols is 1. The maximum Gasteiger partial charge on any atom is 0.174 e. The molecule has 1 spiro atoms. The summed E-state index contributed by atoms with van der Waals surface area (Å²) >= 11 is 0. The Balaban J connectivity index is 0.000000980. The molecule has 2 aliphatic carbocycles. The van der Waals surface area contributed by atoms with Gasteiger partial charge in [0, 0.05) is 31.1 Å². The summed E-state index contributed by atoms with van der Waals surface area (Å²) in [5.74, 6) is 0.528. The quantitative estimate of drug-likeness (QED) is 0.693. The molecule has 1 aromatic carbocycles. The molecule has 142 valence electrons. The third kappa shape index (κ3) is 1.84. The first-order valence-electron chi connectivity index (χ1n) is 8.65. The van der Waals surface area contributed by atoms with Crippen molar-refractivity contribution in [3.8, 4) is 11.5 Å². The van der Waals surface area contributed by atoms with Gasteiger partial charge in [0.1, 0.15) is 0 Å². The zero-order valence-electron chi connectivity index (χ0n) is 14.5. The standard InChI is InChI=1S/C19H21NO4.2H2O/c1-2-8-20-9-7-18-15-11-3-4-12(21)16(15)24-17(18)13(22)5-6-19(18,23)14(20)10-11;;/h2-4,14,17,21,23H,1,5-10H2;2*1H2/t14-,17+,18+,19-;;/m1../s1. The van der Waals surface area contributed by atoms with Gasteiger partial charge >= 0.3 is 0 Å². The van der Waals surface area contributed by atoms with Crippen molar-refractivity contribution in [2.45, 2.75) is 48.8 Å². The lowest BCUT2D eigenvalue weighted by Crippen LogP contribution is -2.76. The molecule has 1 saturated heterocycles. The molecule has 0 unspecified atom stereocenters. The fraction of sp³-hybridized carbons (Fsp3) is 0.526. The van der Waals surface area contributed by atoms with Gasteiger partial charge in [0.05, 0.1) is 11.0 Å². The molecule has 26 heavy (non-hydrogen) atoms. The van der Waals surface area contributed by atoms with E-state index in [0.717, 1.165) is 24.2 Å². The number of carbonyl (C=O) groups is 1. The number of likely N-dealkylation sites (tertiary alicyclic amines) is 1. The van der Waals surface area contributed by atoms with Crippen LogP contribution >= 0.6 is 0 Å². The molecule has 7 heteroatoms. The minimum atomic E-state index is -1.00. The molecule has 6 N–H and O–H groups in total. The summed E-state index contributed by atoms with van der Waals surface area (Å²) in [6.45, 7) is 5.36. The van der Waals surface area contributed by atoms with E-state index >= 15 is 0 Å². The fourth-order valence-electron chi connectivity index (χ4n) is 5.80.